The molecular weight excluding hydrogens is 316 g/mol. The van der Waals surface area contributed by atoms with Gasteiger partial charge >= 0.3 is 0 Å². The molecule has 2 aliphatic rings. The molecular formula is C19H30N4O2. The zero-order valence-corrected chi connectivity index (χ0v) is 15.5. The maximum Gasteiger partial charge on any atom is 0.220 e. The van der Waals surface area contributed by atoms with Crippen LogP contribution in [0.15, 0.2) is 6.07 Å². The standard InChI is InChI=1S/C19H30N4O2/c1-14-20-17(5-6-19(24)22-16-7-10-25-11-8-16)12-18(21-14)15-4-3-9-23(2)13-15/h12,15-16H,3-11,13H2,1-2H3,(H,22,24). The number of likely N-dealkylation sites (tertiary alicyclic amines) is 1. The second kappa shape index (κ2) is 8.72. The largest absolute Gasteiger partial charge is 0.381 e. The Hall–Kier alpha value is -1.53. The summed E-state index contributed by atoms with van der Waals surface area (Å²) in [5.41, 5.74) is 2.12. The van der Waals surface area contributed by atoms with Gasteiger partial charge in [-0.3, -0.25) is 4.79 Å². The van der Waals surface area contributed by atoms with E-state index in [-0.39, 0.29) is 11.9 Å². The van der Waals surface area contributed by atoms with Crippen LogP contribution in [0.3, 0.4) is 0 Å². The van der Waals surface area contributed by atoms with Crippen molar-refractivity contribution in [1.82, 2.24) is 20.2 Å². The molecule has 1 amide bonds. The van der Waals surface area contributed by atoms with Gasteiger partial charge in [-0.1, -0.05) is 0 Å². The summed E-state index contributed by atoms with van der Waals surface area (Å²) in [6.07, 6.45) is 5.39. The maximum absolute atomic E-state index is 12.2. The van der Waals surface area contributed by atoms with Crippen molar-refractivity contribution in [3.05, 3.63) is 23.3 Å². The number of aromatic nitrogens is 2. The molecule has 3 heterocycles. The van der Waals surface area contributed by atoms with Crippen LogP contribution >= 0.6 is 0 Å². The topological polar surface area (TPSA) is 67.3 Å². The van der Waals surface area contributed by atoms with Crippen LogP contribution in [-0.4, -0.2) is 60.2 Å². The molecule has 1 unspecified atom stereocenters. The van der Waals surface area contributed by atoms with E-state index in [0.29, 0.717) is 18.8 Å². The summed E-state index contributed by atoms with van der Waals surface area (Å²) in [5.74, 6) is 1.41. The Labute approximate surface area is 150 Å². The van der Waals surface area contributed by atoms with Gasteiger partial charge in [-0.2, -0.15) is 0 Å². The van der Waals surface area contributed by atoms with Gasteiger partial charge in [-0.15, -0.1) is 0 Å². The van der Waals surface area contributed by atoms with Gasteiger partial charge in [0, 0.05) is 49.5 Å². The summed E-state index contributed by atoms with van der Waals surface area (Å²) >= 11 is 0. The third kappa shape index (κ3) is 5.47. The molecule has 0 radical (unpaired) electrons. The first-order valence-electron chi connectivity index (χ1n) is 9.50. The number of ether oxygens (including phenoxy) is 1. The zero-order chi connectivity index (χ0) is 17.6. The van der Waals surface area contributed by atoms with Crippen molar-refractivity contribution in [2.75, 3.05) is 33.4 Å². The molecule has 0 spiro atoms. The number of aryl methyl sites for hydroxylation is 2. The van der Waals surface area contributed by atoms with E-state index in [1.165, 1.54) is 19.4 Å². The fourth-order valence-electron chi connectivity index (χ4n) is 3.78. The fraction of sp³-hybridized carbons (Fsp3) is 0.737. The molecule has 3 rings (SSSR count). The van der Waals surface area contributed by atoms with Crippen LogP contribution in [-0.2, 0) is 16.0 Å². The molecule has 1 atom stereocenters. The molecule has 1 aromatic rings. The van der Waals surface area contributed by atoms with Crippen molar-refractivity contribution in [1.29, 1.82) is 0 Å². The van der Waals surface area contributed by atoms with Gasteiger partial charge in [0.2, 0.25) is 5.91 Å². The molecule has 0 saturated carbocycles. The van der Waals surface area contributed by atoms with E-state index in [1.54, 1.807) is 0 Å². The lowest BCUT2D eigenvalue weighted by molar-refractivity contribution is -0.122. The lowest BCUT2D eigenvalue weighted by Crippen LogP contribution is -2.39. The van der Waals surface area contributed by atoms with E-state index in [4.69, 9.17) is 4.74 Å². The van der Waals surface area contributed by atoms with E-state index in [0.717, 1.165) is 49.8 Å². The molecule has 2 fully saturated rings. The van der Waals surface area contributed by atoms with E-state index < -0.39 is 0 Å². The quantitative estimate of drug-likeness (QED) is 0.881. The van der Waals surface area contributed by atoms with Gasteiger partial charge in [0.25, 0.3) is 0 Å². The summed E-state index contributed by atoms with van der Waals surface area (Å²) in [6.45, 7) is 5.66. The lowest BCUT2D eigenvalue weighted by Gasteiger charge is -2.29. The van der Waals surface area contributed by atoms with Crippen molar-refractivity contribution in [3.8, 4) is 0 Å². The average Bonchev–Trinajstić information content (AvgIpc) is 2.60. The predicted octanol–water partition coefficient (Wildman–Crippen LogP) is 1.82. The van der Waals surface area contributed by atoms with E-state index in [9.17, 15) is 4.79 Å². The smallest absolute Gasteiger partial charge is 0.220 e. The summed E-state index contributed by atoms with van der Waals surface area (Å²) < 4.78 is 5.33. The molecule has 0 aliphatic carbocycles. The van der Waals surface area contributed by atoms with Gasteiger partial charge in [-0.05, 0) is 58.7 Å². The first kappa shape index (κ1) is 18.3. The first-order valence-corrected chi connectivity index (χ1v) is 9.50. The van der Waals surface area contributed by atoms with Crippen LogP contribution in [0, 0.1) is 6.92 Å². The Morgan fingerprint density at radius 2 is 2.12 bits per heavy atom. The van der Waals surface area contributed by atoms with E-state index in [1.807, 2.05) is 6.92 Å². The fourth-order valence-corrected chi connectivity index (χ4v) is 3.78. The van der Waals surface area contributed by atoms with E-state index >= 15 is 0 Å². The number of amides is 1. The summed E-state index contributed by atoms with van der Waals surface area (Å²) in [6, 6.07) is 2.38. The van der Waals surface area contributed by atoms with Crippen LogP contribution in [0.4, 0.5) is 0 Å². The number of likely N-dealkylation sites (N-methyl/N-ethyl adjacent to an activating group) is 1. The highest BCUT2D eigenvalue weighted by molar-refractivity contribution is 5.76. The molecule has 2 saturated heterocycles. The molecule has 25 heavy (non-hydrogen) atoms. The number of piperidine rings is 1. The third-order valence-corrected chi connectivity index (χ3v) is 5.15. The van der Waals surface area contributed by atoms with Crippen LogP contribution in [0.2, 0.25) is 0 Å². The minimum Gasteiger partial charge on any atom is -0.381 e. The highest BCUT2D eigenvalue weighted by Gasteiger charge is 2.21. The highest BCUT2D eigenvalue weighted by atomic mass is 16.5. The normalized spacial score (nSPS) is 22.7. The predicted molar refractivity (Wildman–Crippen MR) is 96.5 cm³/mol. The van der Waals surface area contributed by atoms with Crippen molar-refractivity contribution in [2.24, 2.45) is 0 Å². The maximum atomic E-state index is 12.2. The number of carbonyl (C=O) groups excluding carboxylic acids is 1. The number of carbonyl (C=O) groups is 1. The Morgan fingerprint density at radius 1 is 1.32 bits per heavy atom. The third-order valence-electron chi connectivity index (χ3n) is 5.15. The molecule has 2 aliphatic heterocycles. The van der Waals surface area contributed by atoms with Crippen LogP contribution in [0.1, 0.15) is 55.2 Å². The van der Waals surface area contributed by atoms with Crippen molar-refractivity contribution < 1.29 is 9.53 Å². The minimum atomic E-state index is 0.113. The van der Waals surface area contributed by atoms with Crippen molar-refractivity contribution in [2.45, 2.75) is 57.4 Å². The lowest BCUT2D eigenvalue weighted by atomic mass is 9.94. The molecule has 1 aromatic heterocycles. The highest BCUT2D eigenvalue weighted by Crippen LogP contribution is 2.25. The summed E-state index contributed by atoms with van der Waals surface area (Å²) in [5, 5.41) is 3.12. The summed E-state index contributed by atoms with van der Waals surface area (Å²) in [7, 11) is 2.17. The van der Waals surface area contributed by atoms with E-state index in [2.05, 4.69) is 33.3 Å². The number of rotatable bonds is 5. The minimum absolute atomic E-state index is 0.113. The average molecular weight is 346 g/mol. The second-order valence-electron chi connectivity index (χ2n) is 7.39. The number of nitrogens with one attached hydrogen (secondary N) is 1. The Morgan fingerprint density at radius 3 is 2.88 bits per heavy atom. The molecule has 6 heteroatoms. The molecule has 0 bridgehead atoms. The van der Waals surface area contributed by atoms with Crippen molar-refractivity contribution >= 4 is 5.91 Å². The monoisotopic (exact) mass is 346 g/mol. The number of hydrogen-bond acceptors (Lipinski definition) is 5. The zero-order valence-electron chi connectivity index (χ0n) is 15.5. The molecule has 6 nitrogen and oxygen atoms in total. The Kier molecular flexibility index (Phi) is 6.37. The van der Waals surface area contributed by atoms with Crippen molar-refractivity contribution in [3.63, 3.8) is 0 Å². The Bertz CT molecular complexity index is 587. The van der Waals surface area contributed by atoms with Gasteiger partial charge in [-0.25, -0.2) is 9.97 Å². The molecule has 0 aromatic carbocycles. The number of nitrogens with zero attached hydrogens (tertiary/aromatic N) is 3. The van der Waals surface area contributed by atoms with Gasteiger partial charge < -0.3 is 15.0 Å². The van der Waals surface area contributed by atoms with Crippen LogP contribution in [0.5, 0.6) is 0 Å². The number of hydrogen-bond donors (Lipinski definition) is 1. The van der Waals surface area contributed by atoms with Gasteiger partial charge in [0.1, 0.15) is 5.82 Å². The first-order chi connectivity index (χ1) is 12.1. The van der Waals surface area contributed by atoms with Crippen LogP contribution in [0.25, 0.3) is 0 Å². The molecule has 1 N–H and O–H groups in total. The van der Waals surface area contributed by atoms with Gasteiger partial charge in [0.15, 0.2) is 0 Å². The summed E-state index contributed by atoms with van der Waals surface area (Å²) in [4.78, 5) is 23.8. The SMILES string of the molecule is Cc1nc(CCC(=O)NC2CCOCC2)cc(C2CCCN(C)C2)n1. The Balaban J connectivity index is 1.55. The molecule has 138 valence electrons. The van der Waals surface area contributed by atoms with Gasteiger partial charge in [0.05, 0.1) is 0 Å². The second-order valence-corrected chi connectivity index (χ2v) is 7.39. The van der Waals surface area contributed by atoms with Crippen LogP contribution < -0.4 is 5.32 Å².